The predicted molar refractivity (Wildman–Crippen MR) is 113 cm³/mol. The van der Waals surface area contributed by atoms with Crippen molar-refractivity contribution in [2.75, 3.05) is 13.2 Å². The van der Waals surface area contributed by atoms with Crippen LogP contribution in [0.1, 0.15) is 58.4 Å². The van der Waals surface area contributed by atoms with Crippen LogP contribution in [0, 0.1) is 19.8 Å². The van der Waals surface area contributed by atoms with Crippen LogP contribution < -0.4 is 0 Å². The van der Waals surface area contributed by atoms with Gasteiger partial charge in [0.05, 0.1) is 18.9 Å². The second-order valence-electron chi connectivity index (χ2n) is 7.48. The molecule has 0 spiro atoms. The molecule has 2 aromatic rings. The topological polar surface area (TPSA) is 91.7 Å². The monoisotopic (exact) mass is 425 g/mol. The minimum absolute atomic E-state index is 0.0141. The highest BCUT2D eigenvalue weighted by Gasteiger charge is 2.68. The largest absolute Gasteiger partial charge is 0.465 e. The summed E-state index contributed by atoms with van der Waals surface area (Å²) in [6.45, 7) is 8.63. The van der Waals surface area contributed by atoms with Gasteiger partial charge >= 0.3 is 11.9 Å². The van der Waals surface area contributed by atoms with Crippen molar-refractivity contribution >= 4 is 23.6 Å². The van der Waals surface area contributed by atoms with Crippen molar-refractivity contribution in [3.8, 4) is 0 Å². The first-order chi connectivity index (χ1) is 14.8. The van der Waals surface area contributed by atoms with E-state index in [4.69, 9.17) is 9.47 Å². The zero-order valence-electron chi connectivity index (χ0n) is 18.5. The molecule has 1 aliphatic heterocycles. The Bertz CT molecular complexity index is 1030. The van der Waals surface area contributed by atoms with Crippen LogP contribution in [0.15, 0.2) is 30.3 Å². The second-order valence-corrected chi connectivity index (χ2v) is 7.48. The lowest BCUT2D eigenvalue weighted by Crippen LogP contribution is -2.53. The van der Waals surface area contributed by atoms with Gasteiger partial charge < -0.3 is 9.47 Å². The molecule has 0 N–H and O–H groups in total. The molecule has 1 aromatic heterocycles. The van der Waals surface area contributed by atoms with Crippen molar-refractivity contribution in [1.29, 1.82) is 0 Å². The molecule has 1 aromatic carbocycles. The van der Waals surface area contributed by atoms with Gasteiger partial charge in [-0.3, -0.25) is 23.7 Å². The zero-order chi connectivity index (χ0) is 22.9. The number of nitrogens with zero attached hydrogens (tertiary/aromatic N) is 1. The summed E-state index contributed by atoms with van der Waals surface area (Å²) in [5.74, 6) is -4.74. The molecule has 164 valence electrons. The molecule has 0 aliphatic carbocycles. The Labute approximate surface area is 181 Å². The third kappa shape index (κ3) is 3.10. The molecular formula is C24H27NO6. The Morgan fingerprint density at radius 3 is 2.00 bits per heavy atom. The maximum atomic E-state index is 13.7. The number of hydrogen-bond acceptors (Lipinski definition) is 6. The van der Waals surface area contributed by atoms with E-state index >= 15 is 0 Å². The maximum absolute atomic E-state index is 13.7. The van der Waals surface area contributed by atoms with Gasteiger partial charge in [-0.25, -0.2) is 0 Å². The summed E-state index contributed by atoms with van der Waals surface area (Å²) in [7, 11) is 0. The number of hydrogen-bond donors (Lipinski definition) is 0. The summed E-state index contributed by atoms with van der Waals surface area (Å²) in [6.07, 6.45) is 0.601. The molecule has 7 nitrogen and oxygen atoms in total. The van der Waals surface area contributed by atoms with Crippen LogP contribution in [0.5, 0.6) is 0 Å². The average molecular weight is 425 g/mol. The number of ketones is 1. The molecule has 1 aliphatic rings. The van der Waals surface area contributed by atoms with Crippen molar-refractivity contribution in [1.82, 2.24) is 4.57 Å². The first-order valence-corrected chi connectivity index (χ1v) is 10.5. The lowest BCUT2D eigenvalue weighted by Gasteiger charge is -2.29. The summed E-state index contributed by atoms with van der Waals surface area (Å²) in [5.41, 5.74) is 0.304. The van der Waals surface area contributed by atoms with Gasteiger partial charge in [-0.2, -0.15) is 0 Å². The first kappa shape index (κ1) is 22.5. The van der Waals surface area contributed by atoms with E-state index in [1.54, 1.807) is 58.0 Å². The summed E-state index contributed by atoms with van der Waals surface area (Å²) in [6, 6.07) is 8.18. The Hall–Kier alpha value is -3.22. The van der Waals surface area contributed by atoms with E-state index in [0.717, 1.165) is 5.56 Å². The van der Waals surface area contributed by atoms with Crippen molar-refractivity contribution in [3.63, 3.8) is 0 Å². The van der Waals surface area contributed by atoms with Gasteiger partial charge in [-0.1, -0.05) is 37.3 Å². The van der Waals surface area contributed by atoms with Crippen LogP contribution in [-0.2, 0) is 30.9 Å². The number of rotatable bonds is 7. The smallest absolute Gasteiger partial charge is 0.331 e. The summed E-state index contributed by atoms with van der Waals surface area (Å²) < 4.78 is 11.9. The number of benzene rings is 1. The minimum Gasteiger partial charge on any atom is -0.465 e. The van der Waals surface area contributed by atoms with Crippen LogP contribution in [-0.4, -0.2) is 41.4 Å². The first-order valence-electron chi connectivity index (χ1n) is 10.5. The summed E-state index contributed by atoms with van der Waals surface area (Å²) >= 11 is 0. The quantitative estimate of drug-likeness (QED) is 0.384. The van der Waals surface area contributed by atoms with Crippen LogP contribution in [0.4, 0.5) is 0 Å². The molecule has 0 bridgehead atoms. The molecule has 0 fully saturated rings. The molecule has 0 radical (unpaired) electrons. The number of carbonyl (C=O) groups is 4. The summed E-state index contributed by atoms with van der Waals surface area (Å²) in [4.78, 5) is 54.2. The highest BCUT2D eigenvalue weighted by molar-refractivity contribution is 6.24. The van der Waals surface area contributed by atoms with Crippen LogP contribution in [0.2, 0.25) is 0 Å². The van der Waals surface area contributed by atoms with Crippen LogP contribution in [0.3, 0.4) is 0 Å². The minimum atomic E-state index is -2.20. The third-order valence-corrected chi connectivity index (χ3v) is 5.95. The highest BCUT2D eigenvalue weighted by atomic mass is 16.6. The number of ether oxygens (including phenoxy) is 2. The number of aromatic nitrogens is 1. The van der Waals surface area contributed by atoms with E-state index in [2.05, 4.69) is 0 Å². The van der Waals surface area contributed by atoms with Gasteiger partial charge in [-0.15, -0.1) is 0 Å². The van der Waals surface area contributed by atoms with Crippen molar-refractivity contribution in [3.05, 3.63) is 58.4 Å². The number of esters is 2. The van der Waals surface area contributed by atoms with Gasteiger partial charge in [0.2, 0.25) is 11.3 Å². The fourth-order valence-corrected chi connectivity index (χ4v) is 4.68. The van der Waals surface area contributed by atoms with E-state index in [1.165, 1.54) is 4.57 Å². The second kappa shape index (κ2) is 8.49. The third-order valence-electron chi connectivity index (χ3n) is 5.95. The normalized spacial score (nSPS) is 16.7. The van der Waals surface area contributed by atoms with Crippen molar-refractivity contribution in [2.45, 2.75) is 46.5 Å². The lowest BCUT2D eigenvalue weighted by atomic mass is 9.70. The molecule has 3 rings (SSSR count). The predicted octanol–water partition coefficient (Wildman–Crippen LogP) is 3.18. The van der Waals surface area contributed by atoms with Crippen LogP contribution >= 0.6 is 0 Å². The fraction of sp³-hybridized carbons (Fsp3) is 0.417. The molecule has 2 heterocycles. The Morgan fingerprint density at radius 1 is 0.968 bits per heavy atom. The number of carbonyl (C=O) groups excluding carboxylic acids is 4. The van der Waals surface area contributed by atoms with E-state index in [9.17, 15) is 19.2 Å². The average Bonchev–Trinajstić information content (AvgIpc) is 3.18. The number of Topliss-reactive ketones (excluding diaryl/α,β-unsaturated/α-hetero) is 1. The molecule has 1 atom stereocenters. The molecular weight excluding hydrogens is 398 g/mol. The molecule has 0 saturated heterocycles. The fourth-order valence-electron chi connectivity index (χ4n) is 4.68. The van der Waals surface area contributed by atoms with Crippen molar-refractivity contribution < 1.29 is 28.7 Å². The van der Waals surface area contributed by atoms with Gasteiger partial charge in [0.15, 0.2) is 5.78 Å². The van der Waals surface area contributed by atoms with Crippen LogP contribution in [0.25, 0.3) is 0 Å². The van der Waals surface area contributed by atoms with Gasteiger partial charge in [0.25, 0.3) is 0 Å². The molecule has 1 unspecified atom stereocenters. The molecule has 7 heteroatoms. The zero-order valence-corrected chi connectivity index (χ0v) is 18.5. The van der Waals surface area contributed by atoms with Gasteiger partial charge in [0.1, 0.15) is 5.92 Å². The standard InChI is InChI=1S/C24H27NO6/c1-6-17-14(4)20-24(22(28)30-7-2,23(29)31-8-3)18(21(27)25(20)15(17)5)19(26)16-12-10-9-11-13-16/h9-13,18H,6-8H2,1-5H3. The summed E-state index contributed by atoms with van der Waals surface area (Å²) in [5, 5.41) is 0. The maximum Gasteiger partial charge on any atom is 0.331 e. The van der Waals surface area contributed by atoms with E-state index in [0.29, 0.717) is 17.7 Å². The Balaban J connectivity index is 2.40. The lowest BCUT2D eigenvalue weighted by molar-refractivity contribution is -0.166. The van der Waals surface area contributed by atoms with E-state index < -0.39 is 35.0 Å². The Morgan fingerprint density at radius 2 is 1.52 bits per heavy atom. The molecule has 31 heavy (non-hydrogen) atoms. The van der Waals surface area contributed by atoms with Gasteiger partial charge in [0, 0.05) is 11.3 Å². The number of fused-ring (bicyclic) bond motifs is 1. The highest BCUT2D eigenvalue weighted by Crippen LogP contribution is 2.48. The van der Waals surface area contributed by atoms with E-state index in [1.807, 2.05) is 6.92 Å². The van der Waals surface area contributed by atoms with Crippen molar-refractivity contribution in [2.24, 2.45) is 5.92 Å². The Kier molecular flexibility index (Phi) is 6.15. The molecule has 0 amide bonds. The molecule has 0 saturated carbocycles. The van der Waals surface area contributed by atoms with E-state index in [-0.39, 0.29) is 24.5 Å². The SMILES string of the molecule is CCOC(=O)C1(C(=O)OCC)c2c(C)c(CC)c(C)n2C(=O)C1C(=O)c1ccccc1. The van der Waals surface area contributed by atoms with Gasteiger partial charge in [-0.05, 0) is 45.2 Å².